The van der Waals surface area contributed by atoms with Gasteiger partial charge in [0.1, 0.15) is 0 Å². The zero-order valence-corrected chi connectivity index (χ0v) is 16.1. The molecule has 0 radical (unpaired) electrons. The van der Waals surface area contributed by atoms with E-state index < -0.39 is 6.04 Å². The lowest BCUT2D eigenvalue weighted by molar-refractivity contribution is -0.140. The Morgan fingerprint density at radius 2 is 2.00 bits per heavy atom. The summed E-state index contributed by atoms with van der Waals surface area (Å²) in [6, 6.07) is 9.24. The molecular weight excluding hydrogens is 330 g/mol. The van der Waals surface area contributed by atoms with Crippen LogP contribution in [-0.4, -0.2) is 65.5 Å². The predicted octanol–water partition coefficient (Wildman–Crippen LogP) is 1.24. The summed E-state index contributed by atoms with van der Waals surface area (Å²) in [4.78, 5) is 29.0. The number of carbonyl (C=O) groups excluding carboxylic acids is 2. The van der Waals surface area contributed by atoms with Crippen LogP contribution in [0.2, 0.25) is 0 Å². The van der Waals surface area contributed by atoms with Crippen molar-refractivity contribution in [1.82, 2.24) is 15.1 Å². The van der Waals surface area contributed by atoms with Crippen molar-refractivity contribution in [3.8, 4) is 0 Å². The van der Waals surface area contributed by atoms with Gasteiger partial charge in [0.25, 0.3) is 0 Å². The molecule has 6 heteroatoms. The topological polar surface area (TPSA) is 72.9 Å². The highest BCUT2D eigenvalue weighted by Crippen LogP contribution is 2.20. The van der Waals surface area contributed by atoms with Crippen LogP contribution in [0, 0.1) is 5.41 Å². The molecule has 0 aliphatic carbocycles. The van der Waals surface area contributed by atoms with Gasteiger partial charge in [0.15, 0.2) is 0 Å². The summed E-state index contributed by atoms with van der Waals surface area (Å²) in [5.74, 6) is -0.193. The Balaban J connectivity index is 2.08. The Labute approximate surface area is 156 Å². The second-order valence-electron chi connectivity index (χ2n) is 8.07. The first-order chi connectivity index (χ1) is 12.3. The molecule has 2 N–H and O–H groups in total. The molecule has 6 nitrogen and oxygen atoms in total. The van der Waals surface area contributed by atoms with Gasteiger partial charge in [-0.25, -0.2) is 0 Å². The minimum atomic E-state index is -0.451. The Bertz CT molecular complexity index is 598. The molecule has 2 amide bonds. The van der Waals surface area contributed by atoms with E-state index >= 15 is 0 Å². The fraction of sp³-hybridized carbons (Fsp3) is 0.600. The van der Waals surface area contributed by atoms with Crippen LogP contribution >= 0.6 is 0 Å². The highest BCUT2D eigenvalue weighted by atomic mass is 16.3. The van der Waals surface area contributed by atoms with E-state index in [-0.39, 0.29) is 36.8 Å². The van der Waals surface area contributed by atoms with Gasteiger partial charge in [-0.2, -0.15) is 0 Å². The number of amides is 2. The third kappa shape index (κ3) is 6.11. The van der Waals surface area contributed by atoms with Crippen molar-refractivity contribution in [2.75, 3.05) is 32.8 Å². The molecule has 2 rings (SSSR count). The van der Waals surface area contributed by atoms with Gasteiger partial charge in [-0.15, -0.1) is 0 Å². The van der Waals surface area contributed by atoms with E-state index in [1.807, 2.05) is 30.3 Å². The molecule has 0 aromatic heterocycles. The van der Waals surface area contributed by atoms with Crippen LogP contribution in [0.4, 0.5) is 0 Å². The fourth-order valence-electron chi connectivity index (χ4n) is 3.29. The molecule has 1 fully saturated rings. The highest BCUT2D eigenvalue weighted by Gasteiger charge is 2.34. The number of hydrogen-bond donors (Lipinski definition) is 2. The quantitative estimate of drug-likeness (QED) is 0.767. The van der Waals surface area contributed by atoms with Gasteiger partial charge < -0.3 is 15.3 Å². The smallest absolute Gasteiger partial charge is 0.237 e. The Morgan fingerprint density at radius 3 is 2.62 bits per heavy atom. The molecule has 144 valence electrons. The first-order valence-corrected chi connectivity index (χ1v) is 9.24. The minimum Gasteiger partial charge on any atom is -0.395 e. The number of hydrogen-bond acceptors (Lipinski definition) is 4. The molecule has 0 bridgehead atoms. The molecule has 0 spiro atoms. The van der Waals surface area contributed by atoms with Crippen LogP contribution in [0.15, 0.2) is 30.3 Å². The number of aliphatic hydroxyl groups excluding tert-OH is 1. The monoisotopic (exact) mass is 361 g/mol. The minimum absolute atomic E-state index is 0.0493. The van der Waals surface area contributed by atoms with Gasteiger partial charge in [0.2, 0.25) is 11.8 Å². The molecule has 1 aliphatic rings. The number of nitrogens with zero attached hydrogens (tertiary/aromatic N) is 2. The summed E-state index contributed by atoms with van der Waals surface area (Å²) in [7, 11) is 0. The van der Waals surface area contributed by atoms with Crippen molar-refractivity contribution in [3.05, 3.63) is 35.9 Å². The number of nitrogens with one attached hydrogen (secondary N) is 1. The van der Waals surface area contributed by atoms with Gasteiger partial charge in [0, 0.05) is 32.7 Å². The molecule has 1 saturated heterocycles. The van der Waals surface area contributed by atoms with Gasteiger partial charge >= 0.3 is 0 Å². The van der Waals surface area contributed by atoms with Gasteiger partial charge in [-0.05, 0) is 11.0 Å². The van der Waals surface area contributed by atoms with Crippen molar-refractivity contribution in [1.29, 1.82) is 0 Å². The molecule has 26 heavy (non-hydrogen) atoms. The SMILES string of the molecule is CC(C)(C)CN1CCNC(=O)C1CC(=O)N(CCO)Cc1ccccc1. The maximum atomic E-state index is 12.9. The Kier molecular flexibility index (Phi) is 7.17. The molecule has 1 aliphatic heterocycles. The van der Waals surface area contributed by atoms with Gasteiger partial charge in [0.05, 0.1) is 19.1 Å². The van der Waals surface area contributed by atoms with Crippen molar-refractivity contribution in [2.24, 2.45) is 5.41 Å². The second kappa shape index (κ2) is 9.14. The second-order valence-corrected chi connectivity index (χ2v) is 8.07. The molecule has 1 heterocycles. The van der Waals surface area contributed by atoms with Gasteiger partial charge in [-0.1, -0.05) is 51.1 Å². The molecule has 1 aromatic carbocycles. The lowest BCUT2D eigenvalue weighted by Crippen LogP contribution is -2.58. The average molecular weight is 361 g/mol. The van der Waals surface area contributed by atoms with E-state index in [9.17, 15) is 14.7 Å². The van der Waals surface area contributed by atoms with Crippen molar-refractivity contribution < 1.29 is 14.7 Å². The lowest BCUT2D eigenvalue weighted by atomic mass is 9.94. The molecule has 0 saturated carbocycles. The summed E-state index contributed by atoms with van der Waals surface area (Å²) in [6.07, 6.45) is 0.134. The number of rotatable bonds is 7. The summed E-state index contributed by atoms with van der Waals surface area (Å²) in [6.45, 7) is 9.13. The van der Waals surface area contributed by atoms with Crippen LogP contribution < -0.4 is 5.32 Å². The predicted molar refractivity (Wildman–Crippen MR) is 101 cm³/mol. The van der Waals surface area contributed by atoms with Crippen LogP contribution in [0.5, 0.6) is 0 Å². The first kappa shape index (κ1) is 20.4. The summed E-state index contributed by atoms with van der Waals surface area (Å²) in [5, 5.41) is 12.2. The number of benzene rings is 1. The molecule has 1 atom stereocenters. The normalized spacial score (nSPS) is 18.5. The van der Waals surface area contributed by atoms with Crippen LogP contribution in [0.1, 0.15) is 32.8 Å². The summed E-state index contributed by atoms with van der Waals surface area (Å²) >= 11 is 0. The standard InChI is InChI=1S/C20H31N3O3/c1-20(2,3)15-23-10-9-21-19(26)17(23)13-18(25)22(11-12-24)14-16-7-5-4-6-8-16/h4-8,17,24H,9-15H2,1-3H3,(H,21,26). The summed E-state index contributed by atoms with van der Waals surface area (Å²) in [5.41, 5.74) is 1.06. The van der Waals surface area contributed by atoms with E-state index in [0.717, 1.165) is 18.7 Å². The van der Waals surface area contributed by atoms with E-state index in [0.29, 0.717) is 13.1 Å². The van der Waals surface area contributed by atoms with E-state index in [1.165, 1.54) is 0 Å². The van der Waals surface area contributed by atoms with Crippen LogP contribution in [0.3, 0.4) is 0 Å². The third-order valence-electron chi connectivity index (χ3n) is 4.43. The number of piperazine rings is 1. The van der Waals surface area contributed by atoms with Crippen molar-refractivity contribution in [3.63, 3.8) is 0 Å². The zero-order chi connectivity index (χ0) is 19.2. The fourth-order valence-corrected chi connectivity index (χ4v) is 3.29. The number of carbonyl (C=O) groups is 2. The maximum Gasteiger partial charge on any atom is 0.237 e. The highest BCUT2D eigenvalue weighted by molar-refractivity contribution is 5.88. The largest absolute Gasteiger partial charge is 0.395 e. The Morgan fingerprint density at radius 1 is 1.31 bits per heavy atom. The lowest BCUT2D eigenvalue weighted by Gasteiger charge is -2.39. The van der Waals surface area contributed by atoms with E-state index in [2.05, 4.69) is 31.0 Å². The van der Waals surface area contributed by atoms with Crippen LogP contribution in [-0.2, 0) is 16.1 Å². The molecule has 1 unspecified atom stereocenters. The third-order valence-corrected chi connectivity index (χ3v) is 4.43. The molecule has 1 aromatic rings. The van der Waals surface area contributed by atoms with Crippen molar-refractivity contribution in [2.45, 2.75) is 39.8 Å². The number of aliphatic hydroxyl groups is 1. The summed E-state index contributed by atoms with van der Waals surface area (Å²) < 4.78 is 0. The van der Waals surface area contributed by atoms with E-state index in [4.69, 9.17) is 0 Å². The Hall–Kier alpha value is -1.92. The van der Waals surface area contributed by atoms with Crippen molar-refractivity contribution >= 4 is 11.8 Å². The van der Waals surface area contributed by atoms with E-state index in [1.54, 1.807) is 4.90 Å². The maximum absolute atomic E-state index is 12.9. The molecular formula is C20H31N3O3. The van der Waals surface area contributed by atoms with Gasteiger partial charge in [-0.3, -0.25) is 14.5 Å². The van der Waals surface area contributed by atoms with Crippen LogP contribution in [0.25, 0.3) is 0 Å². The zero-order valence-electron chi connectivity index (χ0n) is 16.1. The average Bonchev–Trinajstić information content (AvgIpc) is 2.57. The first-order valence-electron chi connectivity index (χ1n) is 9.24.